The molecule has 2 aromatic carbocycles. The average Bonchev–Trinajstić information content (AvgIpc) is 3.49. The summed E-state index contributed by atoms with van der Waals surface area (Å²) in [5.74, 6) is 0.559. The number of carbonyl (C=O) groups excluding carboxylic acids is 1. The van der Waals surface area contributed by atoms with E-state index in [-0.39, 0.29) is 5.91 Å². The topological polar surface area (TPSA) is 59.2 Å². The Morgan fingerprint density at radius 1 is 0.906 bits per heavy atom. The van der Waals surface area contributed by atoms with E-state index in [1.807, 2.05) is 76.5 Å². The van der Waals surface area contributed by atoms with E-state index < -0.39 is 0 Å². The van der Waals surface area contributed by atoms with Gasteiger partial charge < -0.3 is 14.4 Å². The summed E-state index contributed by atoms with van der Waals surface area (Å²) in [7, 11) is 0. The van der Waals surface area contributed by atoms with Gasteiger partial charge in [-0.25, -0.2) is 4.68 Å². The zero-order chi connectivity index (χ0) is 21.9. The zero-order valence-electron chi connectivity index (χ0n) is 17.5. The lowest BCUT2D eigenvalue weighted by atomic mass is 10.2. The van der Waals surface area contributed by atoms with Crippen molar-refractivity contribution in [1.29, 1.82) is 0 Å². The normalized spacial score (nSPS) is 14.0. The Kier molecular flexibility index (Phi) is 5.64. The van der Waals surface area contributed by atoms with Crippen LogP contribution in [-0.4, -0.2) is 56.5 Å². The van der Waals surface area contributed by atoms with E-state index in [1.165, 1.54) is 5.69 Å². The van der Waals surface area contributed by atoms with Crippen LogP contribution in [-0.2, 0) is 6.54 Å². The molecule has 1 aliphatic rings. The number of hydrogen-bond donors (Lipinski definition) is 0. The van der Waals surface area contributed by atoms with Crippen molar-refractivity contribution in [2.24, 2.45) is 0 Å². The van der Waals surface area contributed by atoms with Crippen LogP contribution in [0.25, 0.3) is 5.82 Å². The van der Waals surface area contributed by atoms with Gasteiger partial charge in [0, 0.05) is 49.3 Å². The van der Waals surface area contributed by atoms with Crippen LogP contribution in [0.4, 0.5) is 5.69 Å². The van der Waals surface area contributed by atoms with Gasteiger partial charge in [0.05, 0.1) is 6.54 Å². The van der Waals surface area contributed by atoms with Gasteiger partial charge in [0.2, 0.25) is 0 Å². The Morgan fingerprint density at radius 2 is 1.66 bits per heavy atom. The highest BCUT2D eigenvalue weighted by Gasteiger charge is 2.28. The van der Waals surface area contributed by atoms with Gasteiger partial charge in [0.15, 0.2) is 11.5 Å². The summed E-state index contributed by atoms with van der Waals surface area (Å²) in [5.41, 5.74) is 2.53. The fraction of sp³-hybridized carbons (Fsp3) is 0.208. The first-order chi connectivity index (χ1) is 15.7. The van der Waals surface area contributed by atoms with Crippen molar-refractivity contribution in [2.75, 3.05) is 31.1 Å². The number of nitrogens with zero attached hydrogens (tertiary/aromatic N) is 6. The van der Waals surface area contributed by atoms with E-state index in [1.54, 1.807) is 4.68 Å². The van der Waals surface area contributed by atoms with Crippen LogP contribution < -0.4 is 4.90 Å². The van der Waals surface area contributed by atoms with Crippen molar-refractivity contribution < 1.29 is 4.79 Å². The van der Waals surface area contributed by atoms with Crippen LogP contribution in [0.1, 0.15) is 16.1 Å². The predicted octanol–water partition coefficient (Wildman–Crippen LogP) is 3.73. The van der Waals surface area contributed by atoms with Crippen LogP contribution >= 0.6 is 11.6 Å². The molecule has 162 valence electrons. The molecule has 3 heterocycles. The Labute approximate surface area is 191 Å². The van der Waals surface area contributed by atoms with Crippen LogP contribution in [0.15, 0.2) is 79.1 Å². The molecule has 7 nitrogen and oxygen atoms in total. The van der Waals surface area contributed by atoms with Crippen LogP contribution in [0.2, 0.25) is 5.02 Å². The summed E-state index contributed by atoms with van der Waals surface area (Å²) < 4.78 is 3.64. The van der Waals surface area contributed by atoms with Gasteiger partial charge in [0.25, 0.3) is 5.91 Å². The lowest BCUT2D eigenvalue weighted by molar-refractivity contribution is 0.0740. The summed E-state index contributed by atoms with van der Waals surface area (Å²) in [6.45, 7) is 3.31. The second-order valence-corrected chi connectivity index (χ2v) is 8.19. The minimum atomic E-state index is -0.0984. The number of piperazine rings is 1. The summed E-state index contributed by atoms with van der Waals surface area (Å²) in [4.78, 5) is 17.6. The third-order valence-electron chi connectivity index (χ3n) is 5.67. The number of anilines is 1. The molecule has 0 unspecified atom stereocenters. The predicted molar refractivity (Wildman–Crippen MR) is 124 cm³/mol. The lowest BCUT2D eigenvalue weighted by Gasteiger charge is -2.35. The van der Waals surface area contributed by atoms with Gasteiger partial charge in [-0.3, -0.25) is 4.79 Å². The van der Waals surface area contributed by atoms with Crippen molar-refractivity contribution in [3.63, 3.8) is 0 Å². The Hall–Kier alpha value is -3.58. The Balaban J connectivity index is 1.38. The molecule has 0 spiro atoms. The van der Waals surface area contributed by atoms with Gasteiger partial charge in [-0.1, -0.05) is 47.1 Å². The fourth-order valence-corrected chi connectivity index (χ4v) is 4.26. The largest absolute Gasteiger partial charge is 0.368 e. The molecule has 0 atom stereocenters. The van der Waals surface area contributed by atoms with Crippen molar-refractivity contribution in [3.8, 4) is 5.82 Å². The Morgan fingerprint density at radius 3 is 2.38 bits per heavy atom. The summed E-state index contributed by atoms with van der Waals surface area (Å²) >= 11 is 6.15. The molecule has 32 heavy (non-hydrogen) atoms. The molecule has 2 aromatic heterocycles. The van der Waals surface area contributed by atoms with Crippen LogP contribution in [0, 0.1) is 0 Å². The first-order valence-corrected chi connectivity index (χ1v) is 11.0. The third kappa shape index (κ3) is 4.11. The molecule has 1 aliphatic heterocycles. The summed E-state index contributed by atoms with van der Waals surface area (Å²) in [5, 5.41) is 9.28. The number of amides is 1. The first kappa shape index (κ1) is 20.3. The molecule has 0 saturated carbocycles. The van der Waals surface area contributed by atoms with E-state index in [2.05, 4.69) is 27.3 Å². The molecule has 0 N–H and O–H groups in total. The molecule has 1 fully saturated rings. The molecule has 0 radical (unpaired) electrons. The maximum Gasteiger partial charge on any atom is 0.278 e. The number of para-hydroxylation sites is 1. The standard InChI is InChI=1S/C24H23ClN6O/c25-20-8-6-7-19(17-20)18-31-23(29-11-4-5-12-29)22(26-27-31)24(32)30-15-13-28(14-16-30)21-9-2-1-3-10-21/h1-12,17H,13-16,18H2. The molecule has 0 bridgehead atoms. The Bertz CT molecular complexity index is 1200. The number of halogens is 1. The summed E-state index contributed by atoms with van der Waals surface area (Å²) in [6.07, 6.45) is 3.80. The van der Waals surface area contributed by atoms with Crippen molar-refractivity contribution >= 4 is 23.2 Å². The summed E-state index contributed by atoms with van der Waals surface area (Å²) in [6, 6.07) is 21.7. The highest BCUT2D eigenvalue weighted by atomic mass is 35.5. The second-order valence-electron chi connectivity index (χ2n) is 7.75. The highest BCUT2D eigenvalue weighted by molar-refractivity contribution is 6.30. The number of benzene rings is 2. The van der Waals surface area contributed by atoms with E-state index in [0.717, 1.165) is 18.7 Å². The minimum Gasteiger partial charge on any atom is -0.368 e. The molecule has 8 heteroatoms. The molecule has 0 aliphatic carbocycles. The van der Waals surface area contributed by atoms with Gasteiger partial charge in [0.1, 0.15) is 0 Å². The van der Waals surface area contributed by atoms with Crippen LogP contribution in [0.5, 0.6) is 0 Å². The number of hydrogen-bond acceptors (Lipinski definition) is 4. The second kappa shape index (κ2) is 8.88. The SMILES string of the molecule is O=C(c1nnn(Cc2cccc(Cl)c2)c1-n1cccc1)N1CCN(c2ccccc2)CC1. The molecule has 1 amide bonds. The fourth-order valence-electron chi connectivity index (χ4n) is 4.05. The molecule has 5 rings (SSSR count). The monoisotopic (exact) mass is 446 g/mol. The molecule has 4 aromatic rings. The quantitative estimate of drug-likeness (QED) is 0.468. The lowest BCUT2D eigenvalue weighted by Crippen LogP contribution is -2.49. The van der Waals surface area contributed by atoms with Crippen molar-refractivity contribution in [2.45, 2.75) is 6.54 Å². The van der Waals surface area contributed by atoms with Gasteiger partial charge in [-0.15, -0.1) is 5.10 Å². The number of rotatable bonds is 5. The number of aromatic nitrogens is 4. The van der Waals surface area contributed by atoms with E-state index >= 15 is 0 Å². The van der Waals surface area contributed by atoms with E-state index in [9.17, 15) is 4.79 Å². The first-order valence-electron chi connectivity index (χ1n) is 10.6. The zero-order valence-corrected chi connectivity index (χ0v) is 18.3. The van der Waals surface area contributed by atoms with E-state index in [0.29, 0.717) is 36.2 Å². The minimum absolute atomic E-state index is 0.0984. The van der Waals surface area contributed by atoms with E-state index in [4.69, 9.17) is 11.6 Å². The van der Waals surface area contributed by atoms with Gasteiger partial charge in [-0.05, 0) is 42.0 Å². The maximum atomic E-state index is 13.4. The molecular formula is C24H23ClN6O. The smallest absolute Gasteiger partial charge is 0.278 e. The van der Waals surface area contributed by atoms with Crippen molar-refractivity contribution in [3.05, 3.63) is 95.4 Å². The molecular weight excluding hydrogens is 424 g/mol. The number of carbonyl (C=O) groups is 1. The third-order valence-corrected chi connectivity index (χ3v) is 5.91. The van der Waals surface area contributed by atoms with Crippen molar-refractivity contribution in [1.82, 2.24) is 24.5 Å². The highest BCUT2D eigenvalue weighted by Crippen LogP contribution is 2.20. The van der Waals surface area contributed by atoms with Crippen LogP contribution in [0.3, 0.4) is 0 Å². The maximum absolute atomic E-state index is 13.4. The molecule has 1 saturated heterocycles. The average molecular weight is 447 g/mol. The van der Waals surface area contributed by atoms with Gasteiger partial charge in [-0.2, -0.15) is 0 Å². The van der Waals surface area contributed by atoms with Gasteiger partial charge >= 0.3 is 0 Å².